The molecule has 0 aliphatic heterocycles. The van der Waals surface area contributed by atoms with E-state index in [1.54, 1.807) is 11.3 Å². The summed E-state index contributed by atoms with van der Waals surface area (Å²) < 4.78 is 2.24. The van der Waals surface area contributed by atoms with Crippen LogP contribution >= 0.6 is 11.3 Å². The van der Waals surface area contributed by atoms with Gasteiger partial charge in [0.05, 0.1) is 21.6 Å². The van der Waals surface area contributed by atoms with Crippen molar-refractivity contribution in [1.82, 2.24) is 24.5 Å². The van der Waals surface area contributed by atoms with E-state index in [-0.39, 0.29) is 5.41 Å². The molecule has 0 bridgehead atoms. The van der Waals surface area contributed by atoms with Crippen molar-refractivity contribution in [3.05, 3.63) is 163 Å². The van der Waals surface area contributed by atoms with Crippen LogP contribution in [-0.4, -0.2) is 24.5 Å². The molecule has 1 aliphatic rings. The number of hydrogen-bond acceptors (Lipinski definition) is 5. The number of aromatic nitrogens is 5. The normalized spacial score (nSPS) is 13.1. The van der Waals surface area contributed by atoms with Crippen LogP contribution in [-0.2, 0) is 5.41 Å². The molecule has 0 radical (unpaired) electrons. The van der Waals surface area contributed by atoms with Gasteiger partial charge in [0, 0.05) is 38.4 Å². The summed E-state index contributed by atoms with van der Waals surface area (Å²) in [7, 11) is 0. The number of pyridine rings is 1. The second-order valence-electron chi connectivity index (χ2n) is 13.5. The van der Waals surface area contributed by atoms with Gasteiger partial charge in [0.2, 0.25) is 5.95 Å². The van der Waals surface area contributed by atoms with Gasteiger partial charge in [0.15, 0.2) is 11.6 Å². The standard InChI is InChI=1S/C45H31N5S/c1-45(2)35-18-10-9-17-31(35)32-26-34-33-25-30(40-22-23-41(51-40)37-19-11-12-24-46-37)20-21-38(33)50(39(34)27-36(32)45)44-48-42(28-13-5-3-6-14-28)47-43(49-44)29-15-7-4-8-16-29/h3-27H,1-2H3. The van der Waals surface area contributed by atoms with E-state index in [2.05, 4.69) is 120 Å². The van der Waals surface area contributed by atoms with Gasteiger partial charge in [-0.2, -0.15) is 9.97 Å². The van der Waals surface area contributed by atoms with E-state index in [1.165, 1.54) is 38.1 Å². The molecule has 0 unspecified atom stereocenters. The van der Waals surface area contributed by atoms with Gasteiger partial charge in [-0.3, -0.25) is 9.55 Å². The van der Waals surface area contributed by atoms with Crippen molar-refractivity contribution in [2.75, 3.05) is 0 Å². The van der Waals surface area contributed by atoms with Crippen molar-refractivity contribution in [2.45, 2.75) is 19.3 Å². The van der Waals surface area contributed by atoms with Crippen LogP contribution < -0.4 is 0 Å². The van der Waals surface area contributed by atoms with Gasteiger partial charge in [-0.05, 0) is 76.3 Å². The maximum absolute atomic E-state index is 5.19. The second kappa shape index (κ2) is 11.4. The fraction of sp³-hybridized carbons (Fsp3) is 0.0667. The van der Waals surface area contributed by atoms with E-state index in [4.69, 9.17) is 15.0 Å². The number of hydrogen-bond donors (Lipinski definition) is 0. The molecule has 242 valence electrons. The van der Waals surface area contributed by atoms with Crippen LogP contribution in [0.1, 0.15) is 25.0 Å². The highest BCUT2D eigenvalue weighted by molar-refractivity contribution is 7.18. The topological polar surface area (TPSA) is 56.5 Å². The van der Waals surface area contributed by atoms with Crippen LogP contribution in [0.15, 0.2) is 152 Å². The number of thiophene rings is 1. The Hall–Kier alpha value is -6.24. The van der Waals surface area contributed by atoms with Crippen LogP contribution in [0.2, 0.25) is 0 Å². The quantitative estimate of drug-likeness (QED) is 0.182. The van der Waals surface area contributed by atoms with Crippen molar-refractivity contribution in [2.24, 2.45) is 0 Å². The van der Waals surface area contributed by atoms with Crippen molar-refractivity contribution < 1.29 is 0 Å². The zero-order valence-electron chi connectivity index (χ0n) is 28.1. The molecule has 10 rings (SSSR count). The Morgan fingerprint density at radius 2 is 1.18 bits per heavy atom. The lowest BCUT2D eigenvalue weighted by Crippen LogP contribution is -2.15. The minimum Gasteiger partial charge on any atom is -0.278 e. The molecule has 0 amide bonds. The van der Waals surface area contributed by atoms with Crippen LogP contribution in [0.3, 0.4) is 0 Å². The van der Waals surface area contributed by atoms with E-state index in [1.807, 2.05) is 54.7 Å². The highest BCUT2D eigenvalue weighted by Crippen LogP contribution is 2.51. The van der Waals surface area contributed by atoms with Gasteiger partial charge in [-0.25, -0.2) is 4.98 Å². The molecule has 5 aromatic carbocycles. The number of fused-ring (bicyclic) bond motifs is 6. The molecule has 1 aliphatic carbocycles. The van der Waals surface area contributed by atoms with E-state index in [9.17, 15) is 0 Å². The molecular formula is C45H31N5S. The third-order valence-corrected chi connectivity index (χ3v) is 11.3. The average molecular weight is 674 g/mol. The van der Waals surface area contributed by atoms with Crippen LogP contribution in [0.4, 0.5) is 0 Å². The highest BCUT2D eigenvalue weighted by Gasteiger charge is 2.36. The van der Waals surface area contributed by atoms with Crippen molar-refractivity contribution in [3.63, 3.8) is 0 Å². The van der Waals surface area contributed by atoms with E-state index in [0.717, 1.165) is 38.1 Å². The van der Waals surface area contributed by atoms with Crippen LogP contribution in [0, 0.1) is 0 Å². The Balaban J connectivity index is 1.25. The molecule has 5 nitrogen and oxygen atoms in total. The molecule has 4 aromatic heterocycles. The lowest BCUT2D eigenvalue weighted by molar-refractivity contribution is 0.661. The van der Waals surface area contributed by atoms with Gasteiger partial charge in [-0.1, -0.05) is 111 Å². The smallest absolute Gasteiger partial charge is 0.238 e. The Morgan fingerprint density at radius 3 is 1.90 bits per heavy atom. The Labute approximate surface area is 299 Å². The molecular weight excluding hydrogens is 643 g/mol. The predicted molar refractivity (Wildman–Crippen MR) is 209 cm³/mol. The molecule has 0 spiro atoms. The first-order chi connectivity index (χ1) is 25.0. The SMILES string of the molecule is CC1(C)c2ccccc2-c2cc3c4cc(-c5ccc(-c6ccccn6)s5)ccc4n(-c4nc(-c5ccccc5)nc(-c5ccccc5)n4)c3cc21. The molecule has 0 atom stereocenters. The number of nitrogens with zero attached hydrogens (tertiary/aromatic N) is 5. The summed E-state index contributed by atoms with van der Waals surface area (Å²) in [5.74, 6) is 1.87. The largest absolute Gasteiger partial charge is 0.278 e. The number of benzene rings is 5. The minimum absolute atomic E-state index is 0.158. The molecule has 9 aromatic rings. The summed E-state index contributed by atoms with van der Waals surface area (Å²) in [4.78, 5) is 22.3. The van der Waals surface area contributed by atoms with Gasteiger partial charge in [0.25, 0.3) is 0 Å². The lowest BCUT2D eigenvalue weighted by Gasteiger charge is -2.21. The second-order valence-corrected chi connectivity index (χ2v) is 14.6. The third kappa shape index (κ3) is 4.75. The predicted octanol–water partition coefficient (Wildman–Crippen LogP) is 11.4. The van der Waals surface area contributed by atoms with Gasteiger partial charge in [-0.15, -0.1) is 11.3 Å². The minimum atomic E-state index is -0.158. The van der Waals surface area contributed by atoms with E-state index in [0.29, 0.717) is 17.6 Å². The summed E-state index contributed by atoms with van der Waals surface area (Å²) >= 11 is 1.76. The van der Waals surface area contributed by atoms with E-state index < -0.39 is 0 Å². The third-order valence-electron chi connectivity index (χ3n) is 10.2. The van der Waals surface area contributed by atoms with E-state index >= 15 is 0 Å². The maximum atomic E-state index is 5.19. The molecule has 0 saturated carbocycles. The summed E-state index contributed by atoms with van der Waals surface area (Å²) in [6, 6.07) is 51.1. The Morgan fingerprint density at radius 1 is 0.510 bits per heavy atom. The van der Waals surface area contributed by atoms with Crippen molar-refractivity contribution >= 4 is 33.1 Å². The van der Waals surface area contributed by atoms with Crippen LogP contribution in [0.25, 0.3) is 82.7 Å². The molecule has 51 heavy (non-hydrogen) atoms. The van der Waals surface area contributed by atoms with Gasteiger partial charge in [0.1, 0.15) is 0 Å². The zero-order valence-corrected chi connectivity index (χ0v) is 28.9. The highest BCUT2D eigenvalue weighted by atomic mass is 32.1. The fourth-order valence-electron chi connectivity index (χ4n) is 7.62. The zero-order chi connectivity index (χ0) is 34.1. The fourth-order valence-corrected chi connectivity index (χ4v) is 8.60. The molecule has 0 fully saturated rings. The first kappa shape index (κ1) is 29.7. The molecule has 0 saturated heterocycles. The summed E-state index contributed by atoms with van der Waals surface area (Å²) in [5, 5.41) is 2.32. The molecule has 0 N–H and O–H groups in total. The Kier molecular flexibility index (Phi) is 6.63. The summed E-state index contributed by atoms with van der Waals surface area (Å²) in [5.41, 5.74) is 11.2. The van der Waals surface area contributed by atoms with Crippen molar-refractivity contribution in [1.29, 1.82) is 0 Å². The first-order valence-electron chi connectivity index (χ1n) is 17.1. The molecule has 6 heteroatoms. The molecule has 4 heterocycles. The summed E-state index contributed by atoms with van der Waals surface area (Å²) in [6.45, 7) is 4.66. The van der Waals surface area contributed by atoms with Crippen molar-refractivity contribution in [3.8, 4) is 60.9 Å². The van der Waals surface area contributed by atoms with Gasteiger partial charge < -0.3 is 0 Å². The average Bonchev–Trinajstić information content (AvgIpc) is 3.87. The summed E-state index contributed by atoms with van der Waals surface area (Å²) in [6.07, 6.45) is 1.85. The first-order valence-corrected chi connectivity index (χ1v) is 18.0. The van der Waals surface area contributed by atoms with Crippen LogP contribution in [0.5, 0.6) is 0 Å². The maximum Gasteiger partial charge on any atom is 0.238 e. The monoisotopic (exact) mass is 673 g/mol. The lowest BCUT2D eigenvalue weighted by atomic mass is 9.82. The Bertz CT molecular complexity index is 2710. The van der Waals surface area contributed by atoms with Gasteiger partial charge >= 0.3 is 0 Å². The number of rotatable bonds is 5.